The summed E-state index contributed by atoms with van der Waals surface area (Å²) < 4.78 is 35.9. The highest BCUT2D eigenvalue weighted by Crippen LogP contribution is 2.10. The number of hydrogen-bond acceptors (Lipinski definition) is 4. The third-order valence-corrected chi connectivity index (χ3v) is 2.53. The summed E-state index contributed by atoms with van der Waals surface area (Å²) >= 11 is 0. The van der Waals surface area contributed by atoms with Gasteiger partial charge in [0.1, 0.15) is 5.60 Å². The first kappa shape index (κ1) is 18.8. The number of alkyl carbamates (subject to hydrolysis) is 1. The van der Waals surface area contributed by atoms with Crippen LogP contribution in [-0.4, -0.2) is 35.4 Å². The summed E-state index contributed by atoms with van der Waals surface area (Å²) in [6, 6.07) is 1.89. The number of nitrogens with one attached hydrogen (secondary N) is 1. The predicted octanol–water partition coefficient (Wildman–Crippen LogP) is 2.46. The molecule has 0 spiro atoms. The summed E-state index contributed by atoms with van der Waals surface area (Å²) in [5, 5.41) is 11.2. The lowest BCUT2D eigenvalue weighted by atomic mass is 10.2. The molecule has 0 aliphatic rings. The molecule has 0 fully saturated rings. The van der Waals surface area contributed by atoms with E-state index in [9.17, 15) is 18.4 Å². The van der Waals surface area contributed by atoms with Crippen LogP contribution in [0.15, 0.2) is 18.2 Å². The molecule has 0 radical (unpaired) electrons. The normalized spacial score (nSPS) is 12.6. The van der Waals surface area contributed by atoms with E-state index in [4.69, 9.17) is 14.6 Å². The average molecular weight is 331 g/mol. The van der Waals surface area contributed by atoms with Crippen LogP contribution < -0.4 is 5.32 Å². The first-order valence-electron chi connectivity index (χ1n) is 6.82. The lowest BCUT2D eigenvalue weighted by molar-refractivity contribution is -0.141. The molecule has 23 heavy (non-hydrogen) atoms. The molecule has 128 valence electrons. The molecule has 1 aromatic carbocycles. The van der Waals surface area contributed by atoms with Crippen LogP contribution in [0.1, 0.15) is 26.3 Å². The second-order valence-corrected chi connectivity index (χ2v) is 5.80. The van der Waals surface area contributed by atoms with E-state index in [1.165, 1.54) is 6.07 Å². The van der Waals surface area contributed by atoms with Crippen molar-refractivity contribution in [1.82, 2.24) is 5.32 Å². The number of benzene rings is 1. The molecule has 0 saturated heterocycles. The van der Waals surface area contributed by atoms with E-state index in [1.807, 2.05) is 0 Å². The quantitative estimate of drug-likeness (QED) is 0.836. The molecule has 1 unspecified atom stereocenters. The maximum atomic E-state index is 13.0. The summed E-state index contributed by atoms with van der Waals surface area (Å²) in [5.74, 6) is -3.31. The largest absolute Gasteiger partial charge is 0.480 e. The van der Waals surface area contributed by atoms with Crippen molar-refractivity contribution in [2.75, 3.05) is 6.61 Å². The molecule has 0 bridgehead atoms. The fourth-order valence-corrected chi connectivity index (χ4v) is 1.55. The van der Waals surface area contributed by atoms with Gasteiger partial charge in [-0.3, -0.25) is 0 Å². The van der Waals surface area contributed by atoms with Gasteiger partial charge in [0, 0.05) is 0 Å². The van der Waals surface area contributed by atoms with Crippen molar-refractivity contribution in [3.05, 3.63) is 35.4 Å². The van der Waals surface area contributed by atoms with Gasteiger partial charge >= 0.3 is 12.1 Å². The SMILES string of the molecule is CC(C)(C)OC(=O)NC(COCc1ccc(F)c(F)c1)C(=O)O. The number of amides is 1. The molecule has 1 rings (SSSR count). The van der Waals surface area contributed by atoms with E-state index < -0.39 is 35.3 Å². The summed E-state index contributed by atoms with van der Waals surface area (Å²) in [5.41, 5.74) is -0.426. The lowest BCUT2D eigenvalue weighted by Gasteiger charge is -2.22. The van der Waals surface area contributed by atoms with Crippen LogP contribution in [-0.2, 0) is 20.9 Å². The zero-order valence-electron chi connectivity index (χ0n) is 13.1. The van der Waals surface area contributed by atoms with Crippen molar-refractivity contribution in [1.29, 1.82) is 0 Å². The summed E-state index contributed by atoms with van der Waals surface area (Å²) in [6.45, 7) is 4.44. The fourth-order valence-electron chi connectivity index (χ4n) is 1.55. The van der Waals surface area contributed by atoms with E-state index in [-0.39, 0.29) is 13.2 Å². The third kappa shape index (κ3) is 7.05. The topological polar surface area (TPSA) is 84.9 Å². The van der Waals surface area contributed by atoms with Crippen molar-refractivity contribution in [3.8, 4) is 0 Å². The maximum Gasteiger partial charge on any atom is 0.408 e. The second kappa shape index (κ2) is 7.87. The molecule has 0 aliphatic heterocycles. The molecule has 0 heterocycles. The zero-order valence-corrected chi connectivity index (χ0v) is 13.1. The minimum Gasteiger partial charge on any atom is -0.480 e. The third-order valence-electron chi connectivity index (χ3n) is 2.53. The number of carbonyl (C=O) groups excluding carboxylic acids is 1. The van der Waals surface area contributed by atoms with Crippen molar-refractivity contribution in [2.45, 2.75) is 39.0 Å². The minimum absolute atomic E-state index is 0.128. The molecule has 6 nitrogen and oxygen atoms in total. The Balaban J connectivity index is 2.52. The van der Waals surface area contributed by atoms with Crippen molar-refractivity contribution < 1.29 is 33.0 Å². The monoisotopic (exact) mass is 331 g/mol. The van der Waals surface area contributed by atoms with Crippen molar-refractivity contribution in [2.24, 2.45) is 0 Å². The van der Waals surface area contributed by atoms with Crippen LogP contribution in [0.25, 0.3) is 0 Å². The van der Waals surface area contributed by atoms with Crippen LogP contribution in [0.2, 0.25) is 0 Å². The molecule has 1 aromatic rings. The van der Waals surface area contributed by atoms with Crippen molar-refractivity contribution in [3.63, 3.8) is 0 Å². The van der Waals surface area contributed by atoms with E-state index in [0.29, 0.717) is 5.56 Å². The Morgan fingerprint density at radius 2 is 1.91 bits per heavy atom. The molecule has 1 atom stereocenters. The Kier molecular flexibility index (Phi) is 6.44. The van der Waals surface area contributed by atoms with E-state index in [1.54, 1.807) is 20.8 Å². The number of hydrogen-bond donors (Lipinski definition) is 2. The molecule has 0 aliphatic carbocycles. The van der Waals surface area contributed by atoms with Gasteiger partial charge in [-0.25, -0.2) is 18.4 Å². The number of aliphatic carboxylic acids is 1. The highest BCUT2D eigenvalue weighted by molar-refractivity contribution is 5.80. The van der Waals surface area contributed by atoms with Gasteiger partial charge in [0.15, 0.2) is 17.7 Å². The number of carboxylic acid groups (broad SMARTS) is 1. The maximum absolute atomic E-state index is 13.0. The Morgan fingerprint density at radius 1 is 1.26 bits per heavy atom. The highest BCUT2D eigenvalue weighted by Gasteiger charge is 2.24. The van der Waals surface area contributed by atoms with Gasteiger partial charge in [0.25, 0.3) is 0 Å². The first-order valence-corrected chi connectivity index (χ1v) is 6.82. The molecule has 2 N–H and O–H groups in total. The molecule has 0 aromatic heterocycles. The van der Waals surface area contributed by atoms with Crippen LogP contribution in [0, 0.1) is 11.6 Å². The van der Waals surface area contributed by atoms with Gasteiger partial charge in [-0.15, -0.1) is 0 Å². The van der Waals surface area contributed by atoms with Crippen LogP contribution in [0.4, 0.5) is 13.6 Å². The van der Waals surface area contributed by atoms with Crippen molar-refractivity contribution >= 4 is 12.1 Å². The molecule has 0 saturated carbocycles. The number of rotatable bonds is 6. The van der Waals surface area contributed by atoms with Gasteiger partial charge in [-0.2, -0.15) is 0 Å². The van der Waals surface area contributed by atoms with Crippen LogP contribution >= 0.6 is 0 Å². The van der Waals surface area contributed by atoms with E-state index >= 15 is 0 Å². The Hall–Kier alpha value is -2.22. The second-order valence-electron chi connectivity index (χ2n) is 5.80. The highest BCUT2D eigenvalue weighted by atomic mass is 19.2. The Bertz CT molecular complexity index is 571. The minimum atomic E-state index is -1.32. The standard InChI is InChI=1S/C15H19F2NO5/c1-15(2,3)23-14(21)18-12(13(19)20)8-22-7-9-4-5-10(16)11(17)6-9/h4-6,12H,7-8H2,1-3H3,(H,18,21)(H,19,20). The van der Waals surface area contributed by atoms with Crippen LogP contribution in [0.3, 0.4) is 0 Å². The number of ether oxygens (including phenoxy) is 2. The lowest BCUT2D eigenvalue weighted by Crippen LogP contribution is -2.46. The van der Waals surface area contributed by atoms with Gasteiger partial charge in [-0.1, -0.05) is 6.07 Å². The molecule has 8 heteroatoms. The predicted molar refractivity (Wildman–Crippen MR) is 76.8 cm³/mol. The fraction of sp³-hybridized carbons (Fsp3) is 0.467. The van der Waals surface area contributed by atoms with Gasteiger partial charge in [0.05, 0.1) is 13.2 Å². The molecule has 1 amide bonds. The van der Waals surface area contributed by atoms with Gasteiger partial charge in [0.2, 0.25) is 0 Å². The first-order chi connectivity index (χ1) is 10.6. The van der Waals surface area contributed by atoms with E-state index in [2.05, 4.69) is 5.32 Å². The molecular formula is C15H19F2NO5. The summed E-state index contributed by atoms with van der Waals surface area (Å²) in [6.07, 6.45) is -0.888. The Labute approximate surface area is 132 Å². The number of carbonyl (C=O) groups is 2. The smallest absolute Gasteiger partial charge is 0.408 e. The Morgan fingerprint density at radius 3 is 2.43 bits per heavy atom. The van der Waals surface area contributed by atoms with Gasteiger partial charge in [-0.05, 0) is 38.5 Å². The summed E-state index contributed by atoms with van der Waals surface area (Å²) in [4.78, 5) is 22.6. The van der Waals surface area contributed by atoms with Crippen LogP contribution in [0.5, 0.6) is 0 Å². The zero-order chi connectivity index (χ0) is 17.6. The molecular weight excluding hydrogens is 312 g/mol. The average Bonchev–Trinajstić information content (AvgIpc) is 2.39. The number of halogens is 2. The van der Waals surface area contributed by atoms with Gasteiger partial charge < -0.3 is 19.9 Å². The number of carboxylic acids is 1. The summed E-state index contributed by atoms with van der Waals surface area (Å²) in [7, 11) is 0. The van der Waals surface area contributed by atoms with E-state index in [0.717, 1.165) is 12.1 Å².